The Labute approximate surface area is 87.4 Å². The number of pyridine rings is 1. The van der Waals surface area contributed by atoms with Gasteiger partial charge >= 0.3 is 0 Å². The average molecular weight is 229 g/mol. The lowest BCUT2D eigenvalue weighted by Gasteiger charge is -2.29. The van der Waals surface area contributed by atoms with E-state index in [4.69, 9.17) is 5.26 Å². The van der Waals surface area contributed by atoms with Crippen molar-refractivity contribution < 1.29 is 23.9 Å². The van der Waals surface area contributed by atoms with Gasteiger partial charge in [-0.1, -0.05) is 6.07 Å². The molecule has 0 aliphatic carbocycles. The van der Waals surface area contributed by atoms with Crippen LogP contribution in [0.3, 0.4) is 0 Å². The summed E-state index contributed by atoms with van der Waals surface area (Å²) in [6.07, 6.45) is 2.56. The minimum Gasteiger partial charge on any atom is -0.790 e. The fraction of sp³-hybridized carbons (Fsp3) is 0.250. The number of hydrogen-bond donors (Lipinski definition) is 0. The van der Waals surface area contributed by atoms with Gasteiger partial charge in [0, 0.05) is 12.1 Å². The number of nitriles is 1. The Balaban J connectivity index is 0.000000280. The molecule has 0 spiro atoms. The van der Waals surface area contributed by atoms with Crippen LogP contribution in [0.1, 0.15) is 6.92 Å². The summed E-state index contributed by atoms with van der Waals surface area (Å²) in [7, 11) is -4.96. The van der Waals surface area contributed by atoms with Crippen molar-refractivity contribution in [1.82, 2.24) is 0 Å². The van der Waals surface area contributed by atoms with Crippen molar-refractivity contribution in [3.63, 3.8) is 0 Å². The van der Waals surface area contributed by atoms with Gasteiger partial charge in [0.25, 0.3) is 0 Å². The second-order valence-corrected chi connectivity index (χ2v) is 3.51. The zero-order valence-corrected chi connectivity index (χ0v) is 8.89. The molecular weight excluding hydrogens is 219 g/mol. The molecule has 1 atom stereocenters. The van der Waals surface area contributed by atoms with Crippen molar-refractivity contribution >= 4 is 7.82 Å². The Morgan fingerprint density at radius 2 is 1.93 bits per heavy atom. The number of nitrogens with zero attached hydrogens (tertiary/aromatic N) is 1. The third-order valence-corrected chi connectivity index (χ3v) is 1.65. The molecule has 1 rings (SSSR count). The van der Waals surface area contributed by atoms with E-state index >= 15 is 0 Å². The van der Waals surface area contributed by atoms with Crippen molar-refractivity contribution in [2.24, 2.45) is 0 Å². The second kappa shape index (κ2) is 7.10. The van der Waals surface area contributed by atoms with E-state index in [9.17, 15) is 14.4 Å². The Hall–Kier alpha value is -1.25. The first kappa shape index (κ1) is 13.8. The van der Waals surface area contributed by atoms with Gasteiger partial charge in [-0.05, 0) is 6.92 Å². The minimum atomic E-state index is -4.96. The van der Waals surface area contributed by atoms with Gasteiger partial charge in [0.1, 0.15) is 6.10 Å². The first-order valence-electron chi connectivity index (χ1n) is 3.97. The monoisotopic (exact) mass is 229 g/mol. The van der Waals surface area contributed by atoms with Crippen LogP contribution in [0.2, 0.25) is 0 Å². The molecule has 0 aliphatic heterocycles. The highest BCUT2D eigenvalue weighted by molar-refractivity contribution is 7.43. The van der Waals surface area contributed by atoms with Gasteiger partial charge < -0.3 is 18.9 Å². The molecular formula is C8H10N2O4P-. The van der Waals surface area contributed by atoms with Crippen LogP contribution >= 0.6 is 7.82 Å². The summed E-state index contributed by atoms with van der Waals surface area (Å²) in [6, 6.07) is 7.28. The van der Waals surface area contributed by atoms with Crippen molar-refractivity contribution in [3.8, 4) is 6.07 Å². The van der Waals surface area contributed by atoms with Crippen molar-refractivity contribution in [1.29, 1.82) is 5.26 Å². The smallest absolute Gasteiger partial charge is 0.166 e. The molecule has 1 heterocycles. The Morgan fingerprint density at radius 3 is 2.07 bits per heavy atom. The summed E-state index contributed by atoms with van der Waals surface area (Å²) in [5, 5.41) is 7.92. The van der Waals surface area contributed by atoms with Gasteiger partial charge in [0.2, 0.25) is 0 Å². The third kappa shape index (κ3) is 10.7. The quantitative estimate of drug-likeness (QED) is 0.619. The predicted octanol–water partition coefficient (Wildman–Crippen LogP) is -0.756. The number of nitrogens with one attached hydrogen (secondary N) is 1. The zero-order valence-electron chi connectivity index (χ0n) is 7.99. The van der Waals surface area contributed by atoms with Gasteiger partial charge in [0.15, 0.2) is 12.4 Å². The van der Waals surface area contributed by atoms with Gasteiger partial charge in [-0.3, -0.25) is 0 Å². The fourth-order valence-electron chi connectivity index (χ4n) is 0.559. The molecule has 0 saturated carbocycles. The SMILES string of the molecule is CC(C#N)OP(=O)([O-])[O-].c1cc[nH+]cc1. The first-order valence-corrected chi connectivity index (χ1v) is 5.43. The molecule has 1 aromatic heterocycles. The van der Waals surface area contributed by atoms with Crippen LogP contribution in [0, 0.1) is 11.3 Å². The number of phosphoric acid groups is 1. The molecule has 15 heavy (non-hydrogen) atoms. The standard InChI is InChI=1S/C5H5N.C3H6NO4P/c1-2-4-6-5-3-1;1-3(2-4)8-9(5,6)7/h1-5H;3H,1H3,(H2,5,6,7)/p-1. The molecule has 0 aliphatic rings. The molecule has 1 aromatic rings. The highest BCUT2D eigenvalue weighted by atomic mass is 31.2. The zero-order chi connectivity index (χ0) is 11.7. The summed E-state index contributed by atoms with van der Waals surface area (Å²) in [5.74, 6) is 0. The highest BCUT2D eigenvalue weighted by Crippen LogP contribution is 2.26. The van der Waals surface area contributed by atoms with E-state index in [-0.39, 0.29) is 0 Å². The summed E-state index contributed by atoms with van der Waals surface area (Å²) in [6.45, 7) is 1.17. The van der Waals surface area contributed by atoms with Crippen LogP contribution < -0.4 is 14.8 Å². The van der Waals surface area contributed by atoms with E-state index in [2.05, 4.69) is 9.51 Å². The molecule has 7 heteroatoms. The minimum absolute atomic E-state index is 1.17. The predicted molar refractivity (Wildman–Crippen MR) is 46.8 cm³/mol. The van der Waals surface area contributed by atoms with Crippen LogP contribution in [-0.4, -0.2) is 6.10 Å². The summed E-state index contributed by atoms with van der Waals surface area (Å²) in [4.78, 5) is 22.3. The van der Waals surface area contributed by atoms with E-state index in [0.29, 0.717) is 0 Å². The second-order valence-electron chi connectivity index (χ2n) is 2.40. The number of rotatable bonds is 2. The lowest BCUT2D eigenvalue weighted by atomic mass is 10.5. The largest absolute Gasteiger partial charge is 0.790 e. The molecule has 0 amide bonds. The van der Waals surface area contributed by atoms with E-state index < -0.39 is 13.9 Å². The average Bonchev–Trinajstić information content (AvgIpc) is 2.19. The fourth-order valence-corrected chi connectivity index (χ4v) is 0.994. The topological polar surface area (TPSA) is 110 Å². The van der Waals surface area contributed by atoms with Crippen molar-refractivity contribution in [2.75, 3.05) is 0 Å². The maximum absolute atomic E-state index is 9.70. The Kier molecular flexibility index (Phi) is 6.50. The molecule has 0 fully saturated rings. The number of hydrogen-bond acceptors (Lipinski definition) is 5. The summed E-state index contributed by atoms with van der Waals surface area (Å²) in [5.41, 5.74) is 0. The molecule has 0 bridgehead atoms. The highest BCUT2D eigenvalue weighted by Gasteiger charge is 1.99. The van der Waals surface area contributed by atoms with Crippen LogP contribution in [0.5, 0.6) is 0 Å². The van der Waals surface area contributed by atoms with E-state index in [0.717, 1.165) is 0 Å². The Bertz CT molecular complexity index is 319. The maximum Gasteiger partial charge on any atom is 0.166 e. The van der Waals surface area contributed by atoms with Crippen molar-refractivity contribution in [3.05, 3.63) is 30.6 Å². The lowest BCUT2D eigenvalue weighted by molar-refractivity contribution is -0.378. The normalized spacial score (nSPS) is 11.9. The molecule has 82 valence electrons. The Morgan fingerprint density at radius 1 is 1.40 bits per heavy atom. The molecule has 0 aromatic carbocycles. The number of H-pyrrole nitrogens is 1. The van der Waals surface area contributed by atoms with Gasteiger partial charge in [0.05, 0.1) is 13.9 Å². The number of phosphoric ester groups is 1. The third-order valence-electron chi connectivity index (χ3n) is 1.08. The van der Waals surface area contributed by atoms with Crippen LogP contribution in [0.25, 0.3) is 0 Å². The van der Waals surface area contributed by atoms with E-state index in [1.807, 2.05) is 30.6 Å². The van der Waals surface area contributed by atoms with Crippen LogP contribution in [0.4, 0.5) is 0 Å². The van der Waals surface area contributed by atoms with E-state index in [1.54, 1.807) is 0 Å². The summed E-state index contributed by atoms with van der Waals surface area (Å²) >= 11 is 0. The van der Waals surface area contributed by atoms with Gasteiger partial charge in [-0.15, -0.1) is 0 Å². The van der Waals surface area contributed by atoms with Gasteiger partial charge in [-0.2, -0.15) is 5.26 Å². The first-order chi connectivity index (χ1) is 6.95. The molecule has 6 nitrogen and oxygen atoms in total. The summed E-state index contributed by atoms with van der Waals surface area (Å²) < 4.78 is 13.4. The number of aromatic nitrogens is 1. The van der Waals surface area contributed by atoms with Crippen LogP contribution in [-0.2, 0) is 9.09 Å². The van der Waals surface area contributed by atoms with E-state index in [1.165, 1.54) is 13.0 Å². The lowest BCUT2D eigenvalue weighted by Crippen LogP contribution is -2.20. The van der Waals surface area contributed by atoms with Crippen LogP contribution in [0.15, 0.2) is 30.6 Å². The molecule has 0 saturated heterocycles. The maximum atomic E-state index is 9.70. The number of aromatic amines is 1. The molecule has 0 radical (unpaired) electrons. The molecule has 1 unspecified atom stereocenters. The van der Waals surface area contributed by atoms with Crippen molar-refractivity contribution in [2.45, 2.75) is 13.0 Å². The molecule has 1 N–H and O–H groups in total. The van der Waals surface area contributed by atoms with Gasteiger partial charge in [-0.25, -0.2) is 4.98 Å².